The Morgan fingerprint density at radius 1 is 1.21 bits per heavy atom. The molecule has 1 heterocycles. The van der Waals surface area contributed by atoms with Crippen LogP contribution in [0.1, 0.15) is 57.9 Å². The van der Waals surface area contributed by atoms with E-state index >= 15 is 0 Å². The van der Waals surface area contributed by atoms with Crippen molar-refractivity contribution >= 4 is 5.82 Å². The standard InChI is InChI=1S/C15H25N3O/c1-10(2)13-14(16-4)17-9-18-15(13)19-12-7-5-11(3)6-8-12/h9-12H,5-8H2,1-4H3,(H,16,17,18). The molecule has 1 aromatic rings. The number of anilines is 1. The minimum absolute atomic E-state index is 0.313. The van der Waals surface area contributed by atoms with Crippen molar-refractivity contribution in [1.82, 2.24) is 9.97 Å². The van der Waals surface area contributed by atoms with E-state index in [4.69, 9.17) is 4.74 Å². The van der Waals surface area contributed by atoms with Gasteiger partial charge in [-0.25, -0.2) is 9.97 Å². The summed E-state index contributed by atoms with van der Waals surface area (Å²) in [7, 11) is 1.89. The second kappa shape index (κ2) is 6.22. The van der Waals surface area contributed by atoms with Gasteiger partial charge >= 0.3 is 0 Å². The second-order valence-corrected chi connectivity index (χ2v) is 5.85. The summed E-state index contributed by atoms with van der Waals surface area (Å²) >= 11 is 0. The molecule has 0 amide bonds. The monoisotopic (exact) mass is 263 g/mol. The maximum Gasteiger partial charge on any atom is 0.222 e. The van der Waals surface area contributed by atoms with Gasteiger partial charge < -0.3 is 10.1 Å². The molecular weight excluding hydrogens is 238 g/mol. The molecular formula is C15H25N3O. The highest BCUT2D eigenvalue weighted by Crippen LogP contribution is 2.33. The first-order valence-electron chi connectivity index (χ1n) is 7.31. The van der Waals surface area contributed by atoms with Gasteiger partial charge in [-0.05, 0) is 37.5 Å². The highest BCUT2D eigenvalue weighted by Gasteiger charge is 2.23. The van der Waals surface area contributed by atoms with Crippen molar-refractivity contribution in [2.75, 3.05) is 12.4 Å². The smallest absolute Gasteiger partial charge is 0.222 e. The Hall–Kier alpha value is -1.32. The number of hydrogen-bond donors (Lipinski definition) is 1. The van der Waals surface area contributed by atoms with Gasteiger partial charge in [0.2, 0.25) is 5.88 Å². The molecule has 1 N–H and O–H groups in total. The largest absolute Gasteiger partial charge is 0.474 e. The average molecular weight is 263 g/mol. The van der Waals surface area contributed by atoms with Gasteiger partial charge in [-0.2, -0.15) is 0 Å². The normalized spacial score (nSPS) is 23.4. The first kappa shape index (κ1) is 14.1. The van der Waals surface area contributed by atoms with Crippen LogP contribution in [0.3, 0.4) is 0 Å². The summed E-state index contributed by atoms with van der Waals surface area (Å²) in [6, 6.07) is 0. The number of hydrogen-bond acceptors (Lipinski definition) is 4. The van der Waals surface area contributed by atoms with E-state index in [-0.39, 0.29) is 0 Å². The molecule has 1 saturated carbocycles. The van der Waals surface area contributed by atoms with Crippen molar-refractivity contribution in [1.29, 1.82) is 0 Å². The van der Waals surface area contributed by atoms with Crippen molar-refractivity contribution in [2.24, 2.45) is 5.92 Å². The predicted molar refractivity (Wildman–Crippen MR) is 77.7 cm³/mol. The summed E-state index contributed by atoms with van der Waals surface area (Å²) in [5.74, 6) is 2.82. The van der Waals surface area contributed by atoms with E-state index in [1.165, 1.54) is 12.8 Å². The van der Waals surface area contributed by atoms with Crippen LogP contribution in [0, 0.1) is 5.92 Å². The van der Waals surface area contributed by atoms with Crippen LogP contribution in [0.4, 0.5) is 5.82 Å². The molecule has 0 radical (unpaired) electrons. The van der Waals surface area contributed by atoms with Crippen LogP contribution in [-0.4, -0.2) is 23.1 Å². The van der Waals surface area contributed by atoms with E-state index in [0.717, 1.165) is 36.0 Å². The molecule has 0 aromatic carbocycles. The molecule has 0 saturated heterocycles. The van der Waals surface area contributed by atoms with Crippen LogP contribution in [0.25, 0.3) is 0 Å². The molecule has 4 heteroatoms. The predicted octanol–water partition coefficient (Wildman–Crippen LogP) is 3.60. The van der Waals surface area contributed by atoms with Crippen molar-refractivity contribution < 1.29 is 4.74 Å². The molecule has 0 spiro atoms. The minimum Gasteiger partial charge on any atom is -0.474 e. The number of rotatable bonds is 4. The number of aromatic nitrogens is 2. The summed E-state index contributed by atoms with van der Waals surface area (Å²) in [6.45, 7) is 6.62. The van der Waals surface area contributed by atoms with E-state index in [1.807, 2.05) is 7.05 Å². The quantitative estimate of drug-likeness (QED) is 0.901. The topological polar surface area (TPSA) is 47.0 Å². The van der Waals surface area contributed by atoms with Gasteiger partial charge in [0.15, 0.2) is 0 Å². The maximum atomic E-state index is 6.15. The van der Waals surface area contributed by atoms with Crippen LogP contribution in [0.15, 0.2) is 6.33 Å². The molecule has 0 atom stereocenters. The highest BCUT2D eigenvalue weighted by molar-refractivity contribution is 5.50. The minimum atomic E-state index is 0.313. The highest BCUT2D eigenvalue weighted by atomic mass is 16.5. The molecule has 4 nitrogen and oxygen atoms in total. The Labute approximate surface area is 116 Å². The molecule has 0 bridgehead atoms. The van der Waals surface area contributed by atoms with Gasteiger partial charge in [0, 0.05) is 7.05 Å². The summed E-state index contributed by atoms with van der Waals surface area (Å²) in [4.78, 5) is 8.63. The molecule has 0 unspecified atom stereocenters. The van der Waals surface area contributed by atoms with Gasteiger partial charge in [-0.1, -0.05) is 20.8 Å². The van der Waals surface area contributed by atoms with Crippen LogP contribution >= 0.6 is 0 Å². The first-order chi connectivity index (χ1) is 9.11. The van der Waals surface area contributed by atoms with E-state index in [1.54, 1.807) is 6.33 Å². The Kier molecular flexibility index (Phi) is 4.61. The Morgan fingerprint density at radius 2 is 1.89 bits per heavy atom. The Morgan fingerprint density at radius 3 is 2.47 bits per heavy atom. The molecule has 19 heavy (non-hydrogen) atoms. The summed E-state index contributed by atoms with van der Waals surface area (Å²) in [5, 5.41) is 3.13. The van der Waals surface area contributed by atoms with Crippen molar-refractivity contribution in [3.05, 3.63) is 11.9 Å². The van der Waals surface area contributed by atoms with Crippen molar-refractivity contribution in [3.8, 4) is 5.88 Å². The van der Waals surface area contributed by atoms with Crippen molar-refractivity contribution in [3.63, 3.8) is 0 Å². The van der Waals surface area contributed by atoms with Crippen LogP contribution in [0.2, 0.25) is 0 Å². The molecule has 1 fully saturated rings. The molecule has 1 aliphatic rings. The molecule has 2 rings (SSSR count). The maximum absolute atomic E-state index is 6.15. The zero-order valence-electron chi connectivity index (χ0n) is 12.4. The molecule has 106 valence electrons. The number of nitrogens with one attached hydrogen (secondary N) is 1. The number of ether oxygens (including phenoxy) is 1. The fourth-order valence-electron chi connectivity index (χ4n) is 2.70. The van der Waals surface area contributed by atoms with Gasteiger partial charge in [-0.3, -0.25) is 0 Å². The number of nitrogens with zero attached hydrogens (tertiary/aromatic N) is 2. The van der Waals surface area contributed by atoms with E-state index in [9.17, 15) is 0 Å². The van der Waals surface area contributed by atoms with Gasteiger partial charge in [0.25, 0.3) is 0 Å². The molecule has 1 aromatic heterocycles. The van der Waals surface area contributed by atoms with Crippen molar-refractivity contribution in [2.45, 2.75) is 58.5 Å². The van der Waals surface area contributed by atoms with Gasteiger partial charge in [-0.15, -0.1) is 0 Å². The van der Waals surface area contributed by atoms with E-state index in [2.05, 4.69) is 36.1 Å². The first-order valence-corrected chi connectivity index (χ1v) is 7.31. The SMILES string of the molecule is CNc1ncnc(OC2CCC(C)CC2)c1C(C)C. The lowest BCUT2D eigenvalue weighted by Crippen LogP contribution is -2.24. The second-order valence-electron chi connectivity index (χ2n) is 5.85. The fourth-order valence-corrected chi connectivity index (χ4v) is 2.70. The summed E-state index contributed by atoms with van der Waals surface area (Å²) in [6.07, 6.45) is 6.68. The fraction of sp³-hybridized carbons (Fsp3) is 0.733. The molecule has 1 aliphatic carbocycles. The zero-order chi connectivity index (χ0) is 13.8. The Bertz CT molecular complexity index is 412. The zero-order valence-corrected chi connectivity index (χ0v) is 12.4. The van der Waals surface area contributed by atoms with Crippen LogP contribution < -0.4 is 10.1 Å². The average Bonchev–Trinajstić information content (AvgIpc) is 2.40. The lowest BCUT2D eigenvalue weighted by atomic mass is 9.89. The van der Waals surface area contributed by atoms with Gasteiger partial charge in [0.05, 0.1) is 5.56 Å². The summed E-state index contributed by atoms with van der Waals surface area (Å²) < 4.78 is 6.15. The van der Waals surface area contributed by atoms with Crippen LogP contribution in [0.5, 0.6) is 5.88 Å². The summed E-state index contributed by atoms with van der Waals surface area (Å²) in [5.41, 5.74) is 1.09. The van der Waals surface area contributed by atoms with E-state index in [0.29, 0.717) is 12.0 Å². The third-order valence-electron chi connectivity index (χ3n) is 3.90. The Balaban J connectivity index is 2.15. The lowest BCUT2D eigenvalue weighted by molar-refractivity contribution is 0.128. The van der Waals surface area contributed by atoms with Crippen LogP contribution in [-0.2, 0) is 0 Å². The third kappa shape index (κ3) is 3.37. The van der Waals surface area contributed by atoms with Gasteiger partial charge in [0.1, 0.15) is 18.2 Å². The molecule has 0 aliphatic heterocycles. The lowest BCUT2D eigenvalue weighted by Gasteiger charge is -2.27. The van der Waals surface area contributed by atoms with E-state index < -0.39 is 0 Å². The third-order valence-corrected chi connectivity index (χ3v) is 3.90.